The Bertz CT molecular complexity index is 186. The van der Waals surface area contributed by atoms with Gasteiger partial charge in [0.15, 0.2) is 0 Å². The lowest BCUT2D eigenvalue weighted by atomic mass is 10.1. The predicted octanol–water partition coefficient (Wildman–Crippen LogP) is 3.45. The molecule has 1 saturated carbocycles. The third kappa shape index (κ3) is 1.95. The number of hydrogen-bond acceptors (Lipinski definition) is 0. The third-order valence-electron chi connectivity index (χ3n) is 2.62. The molecule has 2 aliphatic rings. The highest BCUT2D eigenvalue weighted by Gasteiger charge is 2.25. The van der Waals surface area contributed by atoms with Crippen LogP contribution in [0.25, 0.3) is 0 Å². The van der Waals surface area contributed by atoms with Crippen LogP contribution in [0.5, 0.6) is 0 Å². The number of fused-ring (bicyclic) bond motifs is 1. The van der Waals surface area contributed by atoms with Gasteiger partial charge >= 0.3 is 0 Å². The van der Waals surface area contributed by atoms with Crippen molar-refractivity contribution in [3.8, 4) is 0 Å². The molecule has 0 heteroatoms. The van der Waals surface area contributed by atoms with E-state index in [4.69, 9.17) is 0 Å². The van der Waals surface area contributed by atoms with Gasteiger partial charge in [-0.1, -0.05) is 30.2 Å². The maximum Gasteiger partial charge on any atom is 0.00144 e. The summed E-state index contributed by atoms with van der Waals surface area (Å²) in [6, 6.07) is 0. The van der Waals surface area contributed by atoms with E-state index in [-0.39, 0.29) is 0 Å². The summed E-state index contributed by atoms with van der Waals surface area (Å²) in [6.07, 6.45) is 15.4. The minimum atomic E-state index is 0.855. The molecule has 0 aromatic carbocycles. The lowest BCUT2D eigenvalue weighted by molar-refractivity contribution is 0.693. The van der Waals surface area contributed by atoms with E-state index in [1.165, 1.54) is 38.5 Å². The first-order valence-corrected chi connectivity index (χ1v) is 4.82. The minimum absolute atomic E-state index is 0.855. The molecular formula is C11H16. The minimum Gasteiger partial charge on any atom is -0.0879 e. The van der Waals surface area contributed by atoms with Crippen LogP contribution in [-0.4, -0.2) is 0 Å². The first-order chi connectivity index (χ1) is 5.47. The average Bonchev–Trinajstić information content (AvgIpc) is 2.76. The van der Waals surface area contributed by atoms with Crippen molar-refractivity contribution in [2.75, 3.05) is 0 Å². The Kier molecular flexibility index (Phi) is 2.11. The Hall–Kier alpha value is -0.520. The molecule has 2 rings (SSSR count). The molecule has 0 radical (unpaired) electrons. The second kappa shape index (κ2) is 3.25. The van der Waals surface area contributed by atoms with Gasteiger partial charge in [-0.05, 0) is 32.1 Å². The van der Waals surface area contributed by atoms with Gasteiger partial charge in [0.1, 0.15) is 0 Å². The van der Waals surface area contributed by atoms with E-state index in [2.05, 4.69) is 18.2 Å². The van der Waals surface area contributed by atoms with Crippen molar-refractivity contribution >= 4 is 0 Å². The fraction of sp³-hybridized carbons (Fsp3) is 0.636. The van der Waals surface area contributed by atoms with Gasteiger partial charge in [-0.3, -0.25) is 0 Å². The van der Waals surface area contributed by atoms with E-state index in [0.717, 1.165) is 5.92 Å². The molecule has 1 fully saturated rings. The molecule has 0 saturated heterocycles. The van der Waals surface area contributed by atoms with Crippen LogP contribution in [-0.2, 0) is 0 Å². The summed E-state index contributed by atoms with van der Waals surface area (Å²) in [5.74, 6) is 0.855. The van der Waals surface area contributed by atoms with Crippen molar-refractivity contribution in [3.05, 3.63) is 23.8 Å². The quantitative estimate of drug-likeness (QED) is 0.461. The average molecular weight is 148 g/mol. The smallest absolute Gasteiger partial charge is 0.00144 e. The zero-order valence-corrected chi connectivity index (χ0v) is 7.05. The largest absolute Gasteiger partial charge is 0.0879 e. The standard InChI is InChI=1S/C11H16/c1-2-4-6-8-11-9-10(11)7-5-3-1/h5,7-8,10H,1-4,6,9H2. The second-order valence-corrected chi connectivity index (χ2v) is 3.66. The number of allylic oxidation sites excluding steroid dienone is 4. The monoisotopic (exact) mass is 148 g/mol. The molecule has 0 heterocycles. The van der Waals surface area contributed by atoms with Gasteiger partial charge < -0.3 is 0 Å². The molecular weight excluding hydrogens is 132 g/mol. The van der Waals surface area contributed by atoms with Gasteiger partial charge in [-0.2, -0.15) is 0 Å². The number of hydrogen-bond donors (Lipinski definition) is 0. The summed E-state index contributed by atoms with van der Waals surface area (Å²) in [5.41, 5.74) is 1.70. The van der Waals surface area contributed by atoms with Crippen LogP contribution < -0.4 is 0 Å². The van der Waals surface area contributed by atoms with Crippen LogP contribution in [0.4, 0.5) is 0 Å². The molecule has 1 unspecified atom stereocenters. The number of rotatable bonds is 0. The maximum absolute atomic E-state index is 2.46. The fourth-order valence-corrected chi connectivity index (χ4v) is 1.75. The van der Waals surface area contributed by atoms with Gasteiger partial charge in [-0.25, -0.2) is 0 Å². The van der Waals surface area contributed by atoms with Crippen LogP contribution in [0.3, 0.4) is 0 Å². The Morgan fingerprint density at radius 2 is 2.00 bits per heavy atom. The van der Waals surface area contributed by atoms with E-state index < -0.39 is 0 Å². The highest BCUT2D eigenvalue weighted by Crippen LogP contribution is 2.39. The van der Waals surface area contributed by atoms with E-state index in [0.29, 0.717) is 0 Å². The molecule has 0 aliphatic heterocycles. The molecule has 60 valence electrons. The lowest BCUT2D eigenvalue weighted by Crippen LogP contribution is -1.77. The summed E-state index contributed by atoms with van der Waals surface area (Å²) in [6.45, 7) is 0. The first kappa shape index (κ1) is 7.15. The van der Waals surface area contributed by atoms with Crippen LogP contribution in [0.1, 0.15) is 38.5 Å². The molecule has 0 amide bonds. The van der Waals surface area contributed by atoms with Gasteiger partial charge in [0.2, 0.25) is 0 Å². The predicted molar refractivity (Wildman–Crippen MR) is 48.4 cm³/mol. The highest BCUT2D eigenvalue weighted by molar-refractivity contribution is 5.29. The van der Waals surface area contributed by atoms with Crippen molar-refractivity contribution in [1.82, 2.24) is 0 Å². The molecule has 0 aromatic rings. The molecule has 0 nitrogen and oxygen atoms in total. The molecule has 0 spiro atoms. The van der Waals surface area contributed by atoms with Gasteiger partial charge in [0.25, 0.3) is 0 Å². The summed E-state index contributed by atoms with van der Waals surface area (Å²) >= 11 is 0. The topological polar surface area (TPSA) is 0 Å². The Morgan fingerprint density at radius 3 is 3.00 bits per heavy atom. The lowest BCUT2D eigenvalue weighted by Gasteiger charge is -1.96. The molecule has 2 aliphatic carbocycles. The Labute approximate surface area is 69.0 Å². The third-order valence-corrected chi connectivity index (χ3v) is 2.62. The zero-order chi connectivity index (χ0) is 7.52. The van der Waals surface area contributed by atoms with Crippen LogP contribution in [0.2, 0.25) is 0 Å². The van der Waals surface area contributed by atoms with E-state index in [9.17, 15) is 0 Å². The molecule has 0 N–H and O–H groups in total. The van der Waals surface area contributed by atoms with E-state index in [1.807, 2.05) is 0 Å². The Morgan fingerprint density at radius 1 is 1.09 bits per heavy atom. The summed E-state index contributed by atoms with van der Waals surface area (Å²) in [4.78, 5) is 0. The molecule has 11 heavy (non-hydrogen) atoms. The van der Waals surface area contributed by atoms with Crippen LogP contribution in [0, 0.1) is 5.92 Å². The molecule has 0 bridgehead atoms. The van der Waals surface area contributed by atoms with E-state index in [1.54, 1.807) is 5.57 Å². The highest BCUT2D eigenvalue weighted by atomic mass is 14.3. The van der Waals surface area contributed by atoms with Gasteiger partial charge in [0.05, 0.1) is 0 Å². The van der Waals surface area contributed by atoms with Crippen molar-refractivity contribution in [1.29, 1.82) is 0 Å². The summed E-state index contributed by atoms with van der Waals surface area (Å²) < 4.78 is 0. The second-order valence-electron chi connectivity index (χ2n) is 3.66. The van der Waals surface area contributed by atoms with Crippen molar-refractivity contribution in [3.63, 3.8) is 0 Å². The Balaban J connectivity index is 1.94. The summed E-state index contributed by atoms with van der Waals surface area (Å²) in [7, 11) is 0. The van der Waals surface area contributed by atoms with Gasteiger partial charge in [0, 0.05) is 5.92 Å². The first-order valence-electron chi connectivity index (χ1n) is 4.82. The van der Waals surface area contributed by atoms with Crippen molar-refractivity contribution in [2.24, 2.45) is 5.92 Å². The van der Waals surface area contributed by atoms with Crippen LogP contribution >= 0.6 is 0 Å². The van der Waals surface area contributed by atoms with Crippen LogP contribution in [0.15, 0.2) is 23.8 Å². The molecule has 0 aromatic heterocycles. The fourth-order valence-electron chi connectivity index (χ4n) is 1.75. The molecule has 1 atom stereocenters. The summed E-state index contributed by atoms with van der Waals surface area (Å²) in [5, 5.41) is 0. The van der Waals surface area contributed by atoms with Crippen molar-refractivity contribution in [2.45, 2.75) is 38.5 Å². The van der Waals surface area contributed by atoms with Crippen molar-refractivity contribution < 1.29 is 0 Å². The van der Waals surface area contributed by atoms with Gasteiger partial charge in [-0.15, -0.1) is 0 Å². The maximum atomic E-state index is 2.46. The van der Waals surface area contributed by atoms with E-state index >= 15 is 0 Å². The zero-order valence-electron chi connectivity index (χ0n) is 7.05. The normalized spacial score (nSPS) is 30.5. The SMILES string of the molecule is C1=CC2CC2=CCCCCC1.